The highest BCUT2D eigenvalue weighted by Crippen LogP contribution is 2.39. The standard InChI is InChI=1S/C7H12ClN3OS/c1-7(2,4-8)5-3-10-11(13-5)6(9)12/h3,10H,4H2,1-2H3,(H2,9,12). The Morgan fingerprint density at radius 3 is 2.85 bits per heavy atom. The number of nitrogens with zero attached hydrogens (tertiary/aromatic N) is 1. The van der Waals surface area contributed by atoms with Gasteiger partial charge < -0.3 is 5.73 Å². The van der Waals surface area contributed by atoms with Crippen LogP contribution in [0.2, 0.25) is 0 Å². The molecule has 0 spiro atoms. The molecule has 0 atom stereocenters. The highest BCUT2D eigenvalue weighted by Gasteiger charge is 2.30. The first-order valence-electron chi connectivity index (χ1n) is 3.77. The zero-order valence-electron chi connectivity index (χ0n) is 7.50. The van der Waals surface area contributed by atoms with Gasteiger partial charge in [-0.05, 0) is 0 Å². The minimum atomic E-state index is -0.512. The summed E-state index contributed by atoms with van der Waals surface area (Å²) in [6.07, 6.45) is 1.75. The molecule has 0 fully saturated rings. The van der Waals surface area contributed by atoms with Crippen LogP contribution in [0.5, 0.6) is 0 Å². The number of allylic oxidation sites excluding steroid dienone is 1. The third-order valence-corrected chi connectivity index (χ3v) is 3.71. The van der Waals surface area contributed by atoms with Gasteiger partial charge in [0.05, 0.1) is 0 Å². The number of hydrogen-bond acceptors (Lipinski definition) is 3. The van der Waals surface area contributed by atoms with Crippen LogP contribution in [-0.2, 0) is 0 Å². The molecule has 13 heavy (non-hydrogen) atoms. The summed E-state index contributed by atoms with van der Waals surface area (Å²) in [6, 6.07) is -0.512. The van der Waals surface area contributed by atoms with E-state index in [0.717, 1.165) is 4.91 Å². The number of rotatable bonds is 2. The molecule has 0 aromatic rings. The molecule has 0 saturated carbocycles. The summed E-state index contributed by atoms with van der Waals surface area (Å²) in [6.45, 7) is 4.01. The van der Waals surface area contributed by atoms with Crippen LogP contribution in [-0.4, -0.2) is 16.3 Å². The first-order valence-corrected chi connectivity index (χ1v) is 5.08. The summed E-state index contributed by atoms with van der Waals surface area (Å²) >= 11 is 7.06. The zero-order chi connectivity index (χ0) is 10.1. The number of amides is 2. The number of hydrogen-bond donors (Lipinski definition) is 2. The first-order chi connectivity index (χ1) is 5.97. The second-order valence-corrected chi connectivity index (χ2v) is 4.63. The molecule has 0 saturated heterocycles. The van der Waals surface area contributed by atoms with Crippen LogP contribution in [0.4, 0.5) is 4.79 Å². The summed E-state index contributed by atoms with van der Waals surface area (Å²) in [5, 5.41) is 0. The van der Waals surface area contributed by atoms with Crippen molar-refractivity contribution in [3.8, 4) is 0 Å². The Morgan fingerprint density at radius 2 is 2.46 bits per heavy atom. The molecule has 0 unspecified atom stereocenters. The summed E-state index contributed by atoms with van der Waals surface area (Å²) in [5.74, 6) is 0.500. The van der Waals surface area contributed by atoms with Crippen molar-refractivity contribution in [3.63, 3.8) is 0 Å². The van der Waals surface area contributed by atoms with Gasteiger partial charge in [-0.3, -0.25) is 5.43 Å². The molecule has 0 radical (unpaired) electrons. The Balaban J connectivity index is 2.63. The molecule has 74 valence electrons. The Morgan fingerprint density at radius 1 is 1.85 bits per heavy atom. The van der Waals surface area contributed by atoms with Crippen LogP contribution in [0, 0.1) is 5.41 Å². The summed E-state index contributed by atoms with van der Waals surface area (Å²) in [4.78, 5) is 11.8. The average Bonchev–Trinajstić information content (AvgIpc) is 2.52. The van der Waals surface area contributed by atoms with Crippen molar-refractivity contribution < 1.29 is 4.79 Å². The van der Waals surface area contributed by atoms with Crippen molar-refractivity contribution in [1.29, 1.82) is 0 Å². The number of halogens is 1. The van der Waals surface area contributed by atoms with Gasteiger partial charge in [0, 0.05) is 34.3 Å². The van der Waals surface area contributed by atoms with E-state index in [1.165, 1.54) is 16.4 Å². The maximum Gasteiger partial charge on any atom is 0.344 e. The van der Waals surface area contributed by atoms with Crippen molar-refractivity contribution in [3.05, 3.63) is 11.1 Å². The van der Waals surface area contributed by atoms with E-state index >= 15 is 0 Å². The maximum absolute atomic E-state index is 10.8. The van der Waals surface area contributed by atoms with E-state index in [-0.39, 0.29) is 5.41 Å². The molecule has 4 nitrogen and oxygen atoms in total. The van der Waals surface area contributed by atoms with Gasteiger partial charge in [0.2, 0.25) is 0 Å². The second-order valence-electron chi connectivity index (χ2n) is 3.38. The highest BCUT2D eigenvalue weighted by molar-refractivity contribution is 8.01. The van der Waals surface area contributed by atoms with Crippen molar-refractivity contribution >= 4 is 29.6 Å². The van der Waals surface area contributed by atoms with Gasteiger partial charge in [-0.1, -0.05) is 13.8 Å². The van der Waals surface area contributed by atoms with Gasteiger partial charge in [0.1, 0.15) is 0 Å². The number of nitrogens with two attached hydrogens (primary N) is 1. The fraction of sp³-hybridized carbons (Fsp3) is 0.571. The molecule has 3 N–H and O–H groups in total. The molecule has 2 amide bonds. The van der Waals surface area contributed by atoms with E-state index in [4.69, 9.17) is 17.3 Å². The summed E-state index contributed by atoms with van der Waals surface area (Å²) < 4.78 is 1.27. The molecule has 0 aliphatic carbocycles. The monoisotopic (exact) mass is 221 g/mol. The average molecular weight is 222 g/mol. The molecule has 1 rings (SSSR count). The number of primary amides is 1. The van der Waals surface area contributed by atoms with E-state index in [1.807, 2.05) is 13.8 Å². The molecule has 6 heteroatoms. The fourth-order valence-electron chi connectivity index (χ4n) is 0.762. The predicted octanol–water partition coefficient (Wildman–Crippen LogP) is 1.64. The number of nitrogens with one attached hydrogen (secondary N) is 1. The van der Waals surface area contributed by atoms with E-state index < -0.39 is 6.03 Å². The van der Waals surface area contributed by atoms with E-state index in [9.17, 15) is 4.79 Å². The van der Waals surface area contributed by atoms with Gasteiger partial charge in [0.15, 0.2) is 0 Å². The van der Waals surface area contributed by atoms with Crippen LogP contribution in [0.3, 0.4) is 0 Å². The Hall–Kier alpha value is -0.550. The minimum Gasteiger partial charge on any atom is -0.349 e. The normalized spacial score (nSPS) is 16.8. The molecule has 1 aliphatic rings. The van der Waals surface area contributed by atoms with Crippen LogP contribution in [0.15, 0.2) is 11.1 Å². The molecular formula is C7H12ClN3OS. The maximum atomic E-state index is 10.8. The quantitative estimate of drug-likeness (QED) is 0.551. The van der Waals surface area contributed by atoms with E-state index in [1.54, 1.807) is 6.20 Å². The van der Waals surface area contributed by atoms with Gasteiger partial charge in [-0.25, -0.2) is 4.79 Å². The van der Waals surface area contributed by atoms with Gasteiger partial charge in [0.25, 0.3) is 0 Å². The fourth-order valence-corrected chi connectivity index (χ4v) is 1.80. The predicted molar refractivity (Wildman–Crippen MR) is 54.7 cm³/mol. The molecule has 0 bridgehead atoms. The van der Waals surface area contributed by atoms with Crippen LogP contribution in [0.25, 0.3) is 0 Å². The van der Waals surface area contributed by atoms with Crippen molar-refractivity contribution in [2.45, 2.75) is 13.8 Å². The molecule has 0 aromatic carbocycles. The largest absolute Gasteiger partial charge is 0.349 e. The number of alkyl halides is 1. The Kier molecular flexibility index (Phi) is 2.98. The van der Waals surface area contributed by atoms with Gasteiger partial charge in [-0.2, -0.15) is 4.41 Å². The Bertz CT molecular complexity index is 254. The Labute approximate surface area is 86.6 Å². The third kappa shape index (κ3) is 2.22. The zero-order valence-corrected chi connectivity index (χ0v) is 9.08. The molecule has 1 heterocycles. The number of urea groups is 1. The smallest absolute Gasteiger partial charge is 0.344 e. The first kappa shape index (κ1) is 10.5. The molecule has 0 aromatic heterocycles. The van der Waals surface area contributed by atoms with Crippen molar-refractivity contribution in [1.82, 2.24) is 9.84 Å². The molecular weight excluding hydrogens is 210 g/mol. The van der Waals surface area contributed by atoms with Crippen LogP contribution >= 0.6 is 23.5 Å². The van der Waals surface area contributed by atoms with Crippen molar-refractivity contribution in [2.75, 3.05) is 5.88 Å². The lowest BCUT2D eigenvalue weighted by Gasteiger charge is -2.21. The van der Waals surface area contributed by atoms with Gasteiger partial charge >= 0.3 is 6.03 Å². The van der Waals surface area contributed by atoms with E-state index in [0.29, 0.717) is 5.88 Å². The molecule has 1 aliphatic heterocycles. The summed E-state index contributed by atoms with van der Waals surface area (Å²) in [5.41, 5.74) is 7.69. The summed E-state index contributed by atoms with van der Waals surface area (Å²) in [7, 11) is 0. The lowest BCUT2D eigenvalue weighted by Crippen LogP contribution is -2.35. The van der Waals surface area contributed by atoms with Crippen LogP contribution in [0.1, 0.15) is 13.8 Å². The third-order valence-electron chi connectivity index (χ3n) is 1.70. The number of hydrazine groups is 1. The topological polar surface area (TPSA) is 58.4 Å². The van der Waals surface area contributed by atoms with Gasteiger partial charge in [-0.15, -0.1) is 11.6 Å². The van der Waals surface area contributed by atoms with Crippen molar-refractivity contribution in [2.24, 2.45) is 11.1 Å². The second kappa shape index (κ2) is 3.67. The lowest BCUT2D eigenvalue weighted by atomic mass is 9.96. The number of carbonyl (C=O) groups excluding carboxylic acids is 1. The number of carbonyl (C=O) groups is 1. The minimum absolute atomic E-state index is 0.135. The highest BCUT2D eigenvalue weighted by atomic mass is 35.5. The van der Waals surface area contributed by atoms with Crippen LogP contribution < -0.4 is 11.2 Å². The van der Waals surface area contributed by atoms with E-state index in [2.05, 4.69) is 5.43 Å². The SMILES string of the molecule is CC(C)(CCl)C1=CNN(C(N)=O)S1. The lowest BCUT2D eigenvalue weighted by molar-refractivity contribution is 0.230.